The number of aromatic amines is 1. The third kappa shape index (κ3) is 3.46. The van der Waals surface area contributed by atoms with Crippen LogP contribution >= 0.6 is 0 Å². The van der Waals surface area contributed by atoms with E-state index in [1.165, 1.54) is 7.11 Å². The number of H-pyrrole nitrogens is 1. The molecule has 0 aliphatic rings. The van der Waals surface area contributed by atoms with Crippen LogP contribution in [-0.2, 0) is 16.0 Å². The van der Waals surface area contributed by atoms with Crippen molar-refractivity contribution < 1.29 is 14.3 Å². The van der Waals surface area contributed by atoms with Crippen molar-refractivity contribution in [2.45, 2.75) is 12.3 Å². The fourth-order valence-electron chi connectivity index (χ4n) is 2.81. The summed E-state index contributed by atoms with van der Waals surface area (Å²) >= 11 is 0. The zero-order valence-corrected chi connectivity index (χ0v) is 14.1. The van der Waals surface area contributed by atoms with Gasteiger partial charge in [-0.05, 0) is 41.8 Å². The molecular formula is C19H17N3O4. The molecule has 2 aromatic carbocycles. The fourth-order valence-corrected chi connectivity index (χ4v) is 2.81. The molecule has 3 aromatic rings. The Kier molecular flexibility index (Phi) is 4.79. The van der Waals surface area contributed by atoms with E-state index in [2.05, 4.69) is 14.7 Å². The van der Waals surface area contributed by atoms with Crippen molar-refractivity contribution in [1.82, 2.24) is 9.97 Å². The van der Waals surface area contributed by atoms with E-state index in [1.54, 1.807) is 36.4 Å². The quantitative estimate of drug-likeness (QED) is 0.535. The lowest BCUT2D eigenvalue weighted by atomic mass is 9.92. The number of benzene rings is 2. The number of nitrogens with one attached hydrogen (secondary N) is 1. The van der Waals surface area contributed by atoms with Crippen LogP contribution in [0.1, 0.15) is 27.4 Å². The Bertz CT molecular complexity index is 1030. The molecule has 3 rings (SSSR count). The number of nitrogens with zero attached hydrogens (tertiary/aromatic N) is 1. The molecule has 0 amide bonds. The van der Waals surface area contributed by atoms with Crippen LogP contribution < -0.4 is 11.3 Å². The van der Waals surface area contributed by atoms with Gasteiger partial charge in [-0.25, -0.2) is 9.78 Å². The highest BCUT2D eigenvalue weighted by Crippen LogP contribution is 2.21. The molecule has 1 aromatic heterocycles. The van der Waals surface area contributed by atoms with Gasteiger partial charge in [0.05, 0.1) is 23.6 Å². The number of aldehydes is 1. The van der Waals surface area contributed by atoms with Crippen molar-refractivity contribution in [2.75, 3.05) is 12.8 Å². The zero-order chi connectivity index (χ0) is 18.7. The second kappa shape index (κ2) is 7.18. The molecule has 1 unspecified atom stereocenters. The molecule has 1 heterocycles. The molecule has 0 aliphatic heterocycles. The van der Waals surface area contributed by atoms with Gasteiger partial charge in [0.1, 0.15) is 6.29 Å². The second-order valence-corrected chi connectivity index (χ2v) is 5.86. The fraction of sp³-hybridized carbons (Fsp3) is 0.158. The molecule has 0 spiro atoms. The van der Waals surface area contributed by atoms with Crippen molar-refractivity contribution in [3.05, 3.63) is 69.5 Å². The first kappa shape index (κ1) is 17.3. The molecule has 0 saturated carbocycles. The molecule has 0 aliphatic carbocycles. The van der Waals surface area contributed by atoms with Crippen LogP contribution in [0, 0.1) is 0 Å². The number of hydrogen-bond donors (Lipinski definition) is 2. The average molecular weight is 351 g/mol. The lowest BCUT2D eigenvalue weighted by Crippen LogP contribution is -2.12. The predicted molar refractivity (Wildman–Crippen MR) is 97.1 cm³/mol. The molecule has 26 heavy (non-hydrogen) atoms. The Morgan fingerprint density at radius 2 is 2.00 bits per heavy atom. The third-order valence-electron chi connectivity index (χ3n) is 4.17. The van der Waals surface area contributed by atoms with Gasteiger partial charge in [0.2, 0.25) is 5.95 Å². The maximum Gasteiger partial charge on any atom is 0.337 e. The van der Waals surface area contributed by atoms with Crippen molar-refractivity contribution in [2.24, 2.45) is 0 Å². The molecular weight excluding hydrogens is 334 g/mol. The average Bonchev–Trinajstić information content (AvgIpc) is 2.66. The number of fused-ring (bicyclic) bond motifs is 1. The summed E-state index contributed by atoms with van der Waals surface area (Å²) in [6.45, 7) is 0. The van der Waals surface area contributed by atoms with E-state index in [-0.39, 0.29) is 11.5 Å². The molecule has 0 saturated heterocycles. The van der Waals surface area contributed by atoms with Crippen LogP contribution in [0.4, 0.5) is 5.95 Å². The Morgan fingerprint density at radius 3 is 2.65 bits per heavy atom. The van der Waals surface area contributed by atoms with Crippen molar-refractivity contribution in [1.29, 1.82) is 0 Å². The standard InChI is InChI=1S/C19H17N3O4/c1-26-18(25)13-5-3-12(4-6-13)14(10-23)8-11-2-7-16-15(9-11)17(24)22-19(20)21-16/h2-7,9-10,14H,8H2,1H3,(H3,20,21,22,24). The molecule has 7 heteroatoms. The van der Waals surface area contributed by atoms with Gasteiger partial charge in [0.25, 0.3) is 5.56 Å². The minimum absolute atomic E-state index is 0.0618. The van der Waals surface area contributed by atoms with Crippen molar-refractivity contribution in [3.8, 4) is 0 Å². The van der Waals surface area contributed by atoms with E-state index in [0.29, 0.717) is 22.9 Å². The van der Waals surface area contributed by atoms with Gasteiger partial charge in [-0.15, -0.1) is 0 Å². The Hall–Kier alpha value is -3.48. The summed E-state index contributed by atoms with van der Waals surface area (Å²) in [5, 5.41) is 0.419. The number of methoxy groups -OCH3 is 1. The predicted octanol–water partition coefficient (Wildman–Crippen LogP) is 1.82. The summed E-state index contributed by atoms with van der Waals surface area (Å²) in [6.07, 6.45) is 1.27. The van der Waals surface area contributed by atoms with Gasteiger partial charge < -0.3 is 15.3 Å². The van der Waals surface area contributed by atoms with Crippen LogP contribution in [0.2, 0.25) is 0 Å². The number of anilines is 1. The van der Waals surface area contributed by atoms with Gasteiger partial charge in [-0.1, -0.05) is 18.2 Å². The summed E-state index contributed by atoms with van der Waals surface area (Å²) in [5.41, 5.74) is 7.74. The van der Waals surface area contributed by atoms with Gasteiger partial charge in [-0.2, -0.15) is 0 Å². The topological polar surface area (TPSA) is 115 Å². The van der Waals surface area contributed by atoms with Crippen molar-refractivity contribution >= 4 is 29.1 Å². The molecule has 1 atom stereocenters. The molecule has 0 bridgehead atoms. The van der Waals surface area contributed by atoms with Crippen LogP contribution in [0.5, 0.6) is 0 Å². The monoisotopic (exact) mass is 351 g/mol. The number of nitrogen functional groups attached to an aromatic ring is 1. The Labute approximate surface area is 148 Å². The second-order valence-electron chi connectivity index (χ2n) is 5.86. The third-order valence-corrected chi connectivity index (χ3v) is 4.17. The van der Waals surface area contributed by atoms with Gasteiger partial charge in [-0.3, -0.25) is 9.78 Å². The van der Waals surface area contributed by atoms with Crippen LogP contribution in [0.3, 0.4) is 0 Å². The molecule has 7 nitrogen and oxygen atoms in total. The number of rotatable bonds is 5. The van der Waals surface area contributed by atoms with Gasteiger partial charge >= 0.3 is 5.97 Å². The van der Waals surface area contributed by atoms with E-state index in [9.17, 15) is 14.4 Å². The maximum atomic E-state index is 12.0. The number of carbonyl (C=O) groups is 2. The highest BCUT2D eigenvalue weighted by Gasteiger charge is 2.14. The number of hydrogen-bond acceptors (Lipinski definition) is 6. The van der Waals surface area contributed by atoms with Crippen LogP contribution in [-0.4, -0.2) is 29.3 Å². The summed E-state index contributed by atoms with van der Waals surface area (Å²) in [5.74, 6) is -0.772. The smallest absolute Gasteiger partial charge is 0.337 e. The first-order chi connectivity index (χ1) is 12.5. The number of esters is 1. The van der Waals surface area contributed by atoms with E-state index in [4.69, 9.17) is 5.73 Å². The number of aromatic nitrogens is 2. The van der Waals surface area contributed by atoms with E-state index < -0.39 is 11.9 Å². The maximum absolute atomic E-state index is 12.0. The molecule has 132 valence electrons. The number of ether oxygens (including phenoxy) is 1. The van der Waals surface area contributed by atoms with E-state index in [1.807, 2.05) is 6.07 Å². The summed E-state index contributed by atoms with van der Waals surface area (Å²) in [4.78, 5) is 41.6. The summed E-state index contributed by atoms with van der Waals surface area (Å²) in [6, 6.07) is 11.9. The highest BCUT2D eigenvalue weighted by molar-refractivity contribution is 5.89. The Morgan fingerprint density at radius 1 is 1.27 bits per heavy atom. The number of nitrogens with two attached hydrogens (primary N) is 1. The largest absolute Gasteiger partial charge is 0.465 e. The normalized spacial score (nSPS) is 11.9. The zero-order valence-electron chi connectivity index (χ0n) is 14.1. The summed E-state index contributed by atoms with van der Waals surface area (Å²) in [7, 11) is 1.31. The molecule has 0 fully saturated rings. The van der Waals surface area contributed by atoms with E-state index >= 15 is 0 Å². The molecule has 0 radical (unpaired) electrons. The van der Waals surface area contributed by atoms with Gasteiger partial charge in [0.15, 0.2) is 0 Å². The lowest BCUT2D eigenvalue weighted by Gasteiger charge is -2.12. The first-order valence-corrected chi connectivity index (χ1v) is 7.94. The van der Waals surface area contributed by atoms with E-state index in [0.717, 1.165) is 17.4 Å². The van der Waals surface area contributed by atoms with Gasteiger partial charge in [0, 0.05) is 5.92 Å². The number of carbonyl (C=O) groups excluding carboxylic acids is 2. The minimum Gasteiger partial charge on any atom is -0.465 e. The molecule has 3 N–H and O–H groups in total. The highest BCUT2D eigenvalue weighted by atomic mass is 16.5. The lowest BCUT2D eigenvalue weighted by molar-refractivity contribution is -0.109. The van der Waals surface area contributed by atoms with Crippen LogP contribution in [0.25, 0.3) is 10.9 Å². The minimum atomic E-state index is -0.431. The van der Waals surface area contributed by atoms with Crippen molar-refractivity contribution in [3.63, 3.8) is 0 Å². The van der Waals surface area contributed by atoms with Crippen LogP contribution in [0.15, 0.2) is 47.3 Å². The Balaban J connectivity index is 1.88. The first-order valence-electron chi connectivity index (χ1n) is 7.94. The SMILES string of the molecule is COC(=O)c1ccc(C(C=O)Cc2ccc3nc(N)[nH]c(=O)c3c2)cc1. The summed E-state index contributed by atoms with van der Waals surface area (Å²) < 4.78 is 4.66.